The van der Waals surface area contributed by atoms with Crippen molar-refractivity contribution in [2.75, 3.05) is 0 Å². The molecular weight excluding hydrogens is 396 g/mol. The van der Waals surface area contributed by atoms with Crippen LogP contribution in [-0.2, 0) is 17.5 Å². The van der Waals surface area contributed by atoms with E-state index in [0.29, 0.717) is 16.2 Å². The van der Waals surface area contributed by atoms with E-state index in [1.807, 2.05) is 0 Å². The third-order valence-electron chi connectivity index (χ3n) is 3.98. The van der Waals surface area contributed by atoms with Gasteiger partial charge in [0.1, 0.15) is 17.9 Å². The second-order valence-electron chi connectivity index (χ2n) is 5.92. The molecule has 146 valence electrons. The lowest BCUT2D eigenvalue weighted by Crippen LogP contribution is -2.36. The standard InChI is InChI=1S/C19H14F4N2O2S/c20-13-7-5-12(6-8-13)17(15-4-2-10-28-15)24-16(26)11-25-9-1-3-14(18(25)27)19(21,22)23/h1-10,17H,11H2,(H,24,26). The van der Waals surface area contributed by atoms with Gasteiger partial charge in [-0.25, -0.2) is 4.39 Å². The van der Waals surface area contributed by atoms with Crippen molar-refractivity contribution >= 4 is 17.2 Å². The number of aromatic nitrogens is 1. The fourth-order valence-electron chi connectivity index (χ4n) is 2.67. The van der Waals surface area contributed by atoms with Gasteiger partial charge in [-0.2, -0.15) is 13.2 Å². The summed E-state index contributed by atoms with van der Waals surface area (Å²) in [7, 11) is 0. The van der Waals surface area contributed by atoms with Crippen LogP contribution in [0.4, 0.5) is 17.6 Å². The number of nitrogens with one attached hydrogen (secondary N) is 1. The topological polar surface area (TPSA) is 51.1 Å². The molecule has 0 bridgehead atoms. The first-order valence-corrected chi connectivity index (χ1v) is 8.98. The molecule has 0 spiro atoms. The Labute approximate surface area is 161 Å². The number of hydrogen-bond acceptors (Lipinski definition) is 3. The van der Waals surface area contributed by atoms with Crippen molar-refractivity contribution in [3.63, 3.8) is 0 Å². The van der Waals surface area contributed by atoms with Gasteiger partial charge in [0.05, 0.1) is 6.04 Å². The molecule has 0 radical (unpaired) electrons. The Morgan fingerprint density at radius 3 is 2.43 bits per heavy atom. The first kappa shape index (κ1) is 19.8. The minimum atomic E-state index is -4.80. The second kappa shape index (κ2) is 7.97. The fraction of sp³-hybridized carbons (Fsp3) is 0.158. The van der Waals surface area contributed by atoms with E-state index in [1.165, 1.54) is 35.6 Å². The van der Waals surface area contributed by atoms with Crippen LogP contribution in [0, 0.1) is 5.82 Å². The van der Waals surface area contributed by atoms with Gasteiger partial charge in [-0.1, -0.05) is 18.2 Å². The van der Waals surface area contributed by atoms with E-state index in [9.17, 15) is 27.2 Å². The quantitative estimate of drug-likeness (QED) is 0.647. The van der Waals surface area contributed by atoms with Crippen molar-refractivity contribution in [1.82, 2.24) is 9.88 Å². The van der Waals surface area contributed by atoms with Gasteiger partial charge >= 0.3 is 6.18 Å². The van der Waals surface area contributed by atoms with Gasteiger partial charge in [0.15, 0.2) is 0 Å². The fourth-order valence-corrected chi connectivity index (χ4v) is 3.47. The van der Waals surface area contributed by atoms with E-state index in [-0.39, 0.29) is 0 Å². The lowest BCUT2D eigenvalue weighted by Gasteiger charge is -2.19. The molecule has 1 aromatic carbocycles. The summed E-state index contributed by atoms with van der Waals surface area (Å²) in [5, 5.41) is 4.50. The number of pyridine rings is 1. The second-order valence-corrected chi connectivity index (χ2v) is 6.90. The lowest BCUT2D eigenvalue weighted by atomic mass is 10.1. The summed E-state index contributed by atoms with van der Waals surface area (Å²) in [5.74, 6) is -1.08. The average Bonchev–Trinajstić information content (AvgIpc) is 3.16. The number of hydrogen-bond donors (Lipinski definition) is 1. The molecule has 4 nitrogen and oxygen atoms in total. The molecule has 0 saturated heterocycles. The Kier molecular flexibility index (Phi) is 5.64. The summed E-state index contributed by atoms with van der Waals surface area (Å²) in [6.45, 7) is -0.578. The first-order valence-electron chi connectivity index (χ1n) is 8.10. The molecule has 1 amide bonds. The number of benzene rings is 1. The Balaban J connectivity index is 1.84. The van der Waals surface area contributed by atoms with Crippen LogP contribution in [0.1, 0.15) is 22.0 Å². The highest BCUT2D eigenvalue weighted by Gasteiger charge is 2.34. The normalized spacial score (nSPS) is 12.6. The van der Waals surface area contributed by atoms with Crippen molar-refractivity contribution in [2.45, 2.75) is 18.8 Å². The first-order chi connectivity index (χ1) is 13.3. The smallest absolute Gasteiger partial charge is 0.343 e. The van der Waals surface area contributed by atoms with Crippen LogP contribution < -0.4 is 10.9 Å². The molecule has 0 fully saturated rings. The zero-order valence-electron chi connectivity index (χ0n) is 14.2. The molecule has 28 heavy (non-hydrogen) atoms. The highest BCUT2D eigenvalue weighted by atomic mass is 32.1. The van der Waals surface area contributed by atoms with E-state index in [4.69, 9.17) is 0 Å². The Morgan fingerprint density at radius 2 is 1.82 bits per heavy atom. The molecule has 1 unspecified atom stereocenters. The summed E-state index contributed by atoms with van der Waals surface area (Å²) in [6.07, 6.45) is -3.68. The maximum atomic E-state index is 13.2. The van der Waals surface area contributed by atoms with Crippen molar-refractivity contribution in [3.8, 4) is 0 Å². The van der Waals surface area contributed by atoms with Gasteiger partial charge in [0.2, 0.25) is 5.91 Å². The summed E-state index contributed by atoms with van der Waals surface area (Å²) in [5.41, 5.74) is -2.02. The van der Waals surface area contributed by atoms with Gasteiger partial charge in [-0.3, -0.25) is 9.59 Å². The Morgan fingerprint density at radius 1 is 1.11 bits per heavy atom. The van der Waals surface area contributed by atoms with Crippen LogP contribution >= 0.6 is 11.3 Å². The van der Waals surface area contributed by atoms with E-state index in [0.717, 1.165) is 17.1 Å². The minimum absolute atomic E-state index is 0.435. The van der Waals surface area contributed by atoms with Crippen LogP contribution in [0.25, 0.3) is 0 Å². The predicted octanol–water partition coefficient (Wildman–Crippen LogP) is 3.97. The number of alkyl halides is 3. The van der Waals surface area contributed by atoms with E-state index >= 15 is 0 Å². The SMILES string of the molecule is O=C(Cn1cccc(C(F)(F)F)c1=O)NC(c1ccc(F)cc1)c1cccs1. The molecule has 1 atom stereocenters. The maximum Gasteiger partial charge on any atom is 0.421 e. The van der Waals surface area contributed by atoms with E-state index in [2.05, 4.69) is 5.32 Å². The monoisotopic (exact) mass is 410 g/mol. The molecule has 0 aliphatic carbocycles. The van der Waals surface area contributed by atoms with Crippen LogP contribution in [0.2, 0.25) is 0 Å². The number of rotatable bonds is 5. The molecule has 2 aromatic heterocycles. The van der Waals surface area contributed by atoms with E-state index in [1.54, 1.807) is 17.5 Å². The molecular formula is C19H14F4N2O2S. The minimum Gasteiger partial charge on any atom is -0.343 e. The summed E-state index contributed by atoms with van der Waals surface area (Å²) < 4.78 is 52.5. The molecule has 0 aliphatic rings. The van der Waals surface area contributed by atoms with Crippen LogP contribution in [0.15, 0.2) is 64.9 Å². The van der Waals surface area contributed by atoms with Gasteiger partial charge < -0.3 is 9.88 Å². The summed E-state index contributed by atoms with van der Waals surface area (Å²) in [4.78, 5) is 25.2. The zero-order chi connectivity index (χ0) is 20.3. The molecule has 3 rings (SSSR count). The molecule has 3 aromatic rings. The number of amides is 1. The van der Waals surface area contributed by atoms with Crippen LogP contribution in [0.5, 0.6) is 0 Å². The van der Waals surface area contributed by atoms with Crippen molar-refractivity contribution in [1.29, 1.82) is 0 Å². The number of carbonyl (C=O) groups excluding carboxylic acids is 1. The Bertz CT molecular complexity index is 1010. The van der Waals surface area contributed by atoms with Crippen LogP contribution in [0.3, 0.4) is 0 Å². The number of carbonyl (C=O) groups is 1. The zero-order valence-corrected chi connectivity index (χ0v) is 15.1. The van der Waals surface area contributed by atoms with Gasteiger partial charge in [-0.15, -0.1) is 11.3 Å². The van der Waals surface area contributed by atoms with Gasteiger partial charge in [0.25, 0.3) is 5.56 Å². The highest BCUT2D eigenvalue weighted by Crippen LogP contribution is 2.27. The van der Waals surface area contributed by atoms with Crippen molar-refractivity contribution in [2.24, 2.45) is 0 Å². The third-order valence-corrected chi connectivity index (χ3v) is 4.91. The van der Waals surface area contributed by atoms with Crippen LogP contribution in [-0.4, -0.2) is 10.5 Å². The predicted molar refractivity (Wildman–Crippen MR) is 96.4 cm³/mol. The van der Waals surface area contributed by atoms with Crippen molar-refractivity contribution < 1.29 is 22.4 Å². The van der Waals surface area contributed by atoms with Gasteiger partial charge in [-0.05, 0) is 41.3 Å². The Hall–Kier alpha value is -2.94. The number of thiophene rings is 1. The molecule has 2 heterocycles. The average molecular weight is 410 g/mol. The molecule has 0 aliphatic heterocycles. The van der Waals surface area contributed by atoms with Crippen molar-refractivity contribution in [3.05, 3.63) is 92.3 Å². The van der Waals surface area contributed by atoms with Gasteiger partial charge in [0, 0.05) is 11.1 Å². The summed E-state index contributed by atoms with van der Waals surface area (Å²) in [6, 6.07) is 10.2. The summed E-state index contributed by atoms with van der Waals surface area (Å²) >= 11 is 1.36. The molecule has 1 N–H and O–H groups in total. The number of halogens is 4. The molecule has 9 heteroatoms. The third kappa shape index (κ3) is 4.48. The lowest BCUT2D eigenvalue weighted by molar-refractivity contribution is -0.139. The highest BCUT2D eigenvalue weighted by molar-refractivity contribution is 7.10. The molecule has 0 saturated carbocycles. The number of nitrogens with zero attached hydrogens (tertiary/aromatic N) is 1. The largest absolute Gasteiger partial charge is 0.421 e. The van der Waals surface area contributed by atoms with E-state index < -0.39 is 41.6 Å². The maximum absolute atomic E-state index is 13.2.